The zero-order valence-corrected chi connectivity index (χ0v) is 17.0. The molecule has 3 rings (SSSR count). The largest absolute Gasteiger partial charge is 0.497 e. The van der Waals surface area contributed by atoms with Crippen LogP contribution in [-0.2, 0) is 10.0 Å². The summed E-state index contributed by atoms with van der Waals surface area (Å²) in [4.78, 5) is 11.9. The molecule has 0 aliphatic rings. The molecule has 0 radical (unpaired) electrons. The first-order chi connectivity index (χ1) is 14.2. The fourth-order valence-electron chi connectivity index (χ4n) is 2.57. The third-order valence-electron chi connectivity index (χ3n) is 4.02. The van der Waals surface area contributed by atoms with Crippen molar-refractivity contribution in [2.45, 2.75) is 4.90 Å². The molecule has 0 saturated carbocycles. The van der Waals surface area contributed by atoms with Gasteiger partial charge in [-0.25, -0.2) is 17.2 Å². The molecule has 156 valence electrons. The minimum Gasteiger partial charge on any atom is -0.497 e. The molecule has 0 fully saturated rings. The number of carbonyl (C=O) groups excluding carboxylic acids is 1. The number of carbonyl (C=O) groups is 1. The van der Waals surface area contributed by atoms with Crippen LogP contribution in [0.25, 0.3) is 0 Å². The highest BCUT2D eigenvalue weighted by atomic mass is 35.5. The third kappa shape index (κ3) is 4.69. The number of benzene rings is 3. The van der Waals surface area contributed by atoms with Gasteiger partial charge in [-0.1, -0.05) is 23.7 Å². The first kappa shape index (κ1) is 21.5. The van der Waals surface area contributed by atoms with Gasteiger partial charge in [-0.05, 0) is 42.5 Å². The van der Waals surface area contributed by atoms with Crippen LogP contribution in [0.4, 0.5) is 20.2 Å². The normalized spacial score (nSPS) is 11.1. The van der Waals surface area contributed by atoms with E-state index < -0.39 is 32.5 Å². The van der Waals surface area contributed by atoms with E-state index in [4.69, 9.17) is 16.3 Å². The lowest BCUT2D eigenvalue weighted by Gasteiger charge is -2.15. The van der Waals surface area contributed by atoms with Crippen LogP contribution in [0.2, 0.25) is 5.02 Å². The molecule has 2 N–H and O–H groups in total. The molecule has 0 unspecified atom stereocenters. The first-order valence-electron chi connectivity index (χ1n) is 8.43. The zero-order valence-electron chi connectivity index (χ0n) is 15.4. The van der Waals surface area contributed by atoms with E-state index in [0.717, 1.165) is 18.2 Å². The van der Waals surface area contributed by atoms with Gasteiger partial charge in [0.25, 0.3) is 15.9 Å². The third-order valence-corrected chi connectivity index (χ3v) is 5.66. The molecule has 3 aromatic rings. The molecule has 0 aliphatic heterocycles. The van der Waals surface area contributed by atoms with Crippen molar-refractivity contribution in [2.75, 3.05) is 17.1 Å². The number of anilines is 2. The predicted molar refractivity (Wildman–Crippen MR) is 110 cm³/mol. The van der Waals surface area contributed by atoms with E-state index in [-0.39, 0.29) is 27.7 Å². The van der Waals surface area contributed by atoms with Crippen molar-refractivity contribution in [3.8, 4) is 5.75 Å². The van der Waals surface area contributed by atoms with E-state index in [9.17, 15) is 22.0 Å². The second-order valence-corrected chi connectivity index (χ2v) is 8.11. The van der Waals surface area contributed by atoms with E-state index in [1.807, 2.05) is 0 Å². The number of amides is 1. The summed E-state index contributed by atoms with van der Waals surface area (Å²) in [5, 5.41) is 2.60. The van der Waals surface area contributed by atoms with Crippen molar-refractivity contribution in [2.24, 2.45) is 0 Å². The number of sulfonamides is 1. The number of ether oxygens (including phenoxy) is 1. The molecule has 1 amide bonds. The highest BCUT2D eigenvalue weighted by Gasteiger charge is 2.21. The summed E-state index contributed by atoms with van der Waals surface area (Å²) < 4.78 is 60.4. The lowest BCUT2D eigenvalue weighted by atomic mass is 10.1. The Morgan fingerprint density at radius 3 is 2.37 bits per heavy atom. The van der Waals surface area contributed by atoms with Gasteiger partial charge in [0.15, 0.2) is 0 Å². The Labute approximate surface area is 176 Å². The van der Waals surface area contributed by atoms with E-state index in [0.29, 0.717) is 0 Å². The number of rotatable bonds is 6. The van der Waals surface area contributed by atoms with Gasteiger partial charge in [-0.15, -0.1) is 0 Å². The standard InChI is InChI=1S/C20H15ClF2N2O4S/c1-29-13-7-8-14(16(23)11-13)20(26)24-18-10-12(21)6-9-17(18)25-30(27,28)19-5-3-2-4-15(19)22/h2-11,25H,1H3,(H,24,26). The van der Waals surface area contributed by atoms with Crippen molar-refractivity contribution < 1.29 is 26.7 Å². The second kappa shape index (κ2) is 8.68. The van der Waals surface area contributed by atoms with Crippen molar-refractivity contribution in [3.63, 3.8) is 0 Å². The fraction of sp³-hybridized carbons (Fsp3) is 0.0500. The predicted octanol–water partition coefficient (Wildman–Crippen LogP) is 4.68. The Morgan fingerprint density at radius 2 is 1.70 bits per heavy atom. The topological polar surface area (TPSA) is 84.5 Å². The molecule has 0 bridgehead atoms. The minimum absolute atomic E-state index is 0.0392. The van der Waals surface area contributed by atoms with E-state index >= 15 is 0 Å². The number of hydrogen-bond acceptors (Lipinski definition) is 4. The van der Waals surface area contributed by atoms with Crippen molar-refractivity contribution in [3.05, 3.63) is 82.9 Å². The molecule has 3 aromatic carbocycles. The molecule has 30 heavy (non-hydrogen) atoms. The average molecular weight is 453 g/mol. The highest BCUT2D eigenvalue weighted by molar-refractivity contribution is 7.92. The molecule has 0 saturated heterocycles. The van der Waals surface area contributed by atoms with Crippen LogP contribution in [-0.4, -0.2) is 21.4 Å². The highest BCUT2D eigenvalue weighted by Crippen LogP contribution is 2.29. The summed E-state index contributed by atoms with van der Waals surface area (Å²) in [6.45, 7) is 0. The van der Waals surface area contributed by atoms with Crippen LogP contribution in [0.3, 0.4) is 0 Å². The van der Waals surface area contributed by atoms with Gasteiger partial charge in [-0.3, -0.25) is 9.52 Å². The van der Waals surface area contributed by atoms with Crippen LogP contribution >= 0.6 is 11.6 Å². The summed E-state index contributed by atoms with van der Waals surface area (Å²) in [6, 6.07) is 12.4. The SMILES string of the molecule is COc1ccc(C(=O)Nc2cc(Cl)ccc2NS(=O)(=O)c2ccccc2F)c(F)c1. The molecule has 0 aromatic heterocycles. The van der Waals surface area contributed by atoms with Crippen molar-refractivity contribution in [1.82, 2.24) is 0 Å². The summed E-state index contributed by atoms with van der Waals surface area (Å²) in [5.74, 6) is -2.39. The monoisotopic (exact) mass is 452 g/mol. The van der Waals surface area contributed by atoms with Crippen LogP contribution in [0, 0.1) is 11.6 Å². The minimum atomic E-state index is -4.31. The Kier molecular flexibility index (Phi) is 6.23. The summed E-state index contributed by atoms with van der Waals surface area (Å²) in [7, 11) is -2.95. The van der Waals surface area contributed by atoms with Crippen LogP contribution in [0.5, 0.6) is 5.75 Å². The Balaban J connectivity index is 1.93. The Morgan fingerprint density at radius 1 is 0.967 bits per heavy atom. The molecule has 0 atom stereocenters. The lowest BCUT2D eigenvalue weighted by Crippen LogP contribution is -2.18. The van der Waals surface area contributed by atoms with Gasteiger partial charge in [-0.2, -0.15) is 0 Å². The zero-order chi connectivity index (χ0) is 21.9. The van der Waals surface area contributed by atoms with Gasteiger partial charge in [0.05, 0.1) is 24.0 Å². The van der Waals surface area contributed by atoms with Crippen molar-refractivity contribution >= 4 is 38.9 Å². The number of halogens is 3. The first-order valence-corrected chi connectivity index (χ1v) is 10.3. The Bertz CT molecular complexity index is 1220. The number of nitrogens with one attached hydrogen (secondary N) is 2. The van der Waals surface area contributed by atoms with Crippen LogP contribution in [0.15, 0.2) is 65.6 Å². The summed E-state index contributed by atoms with van der Waals surface area (Å²) in [6.07, 6.45) is 0. The molecule has 6 nitrogen and oxygen atoms in total. The van der Waals surface area contributed by atoms with Gasteiger partial charge in [0, 0.05) is 11.1 Å². The molecule has 0 spiro atoms. The summed E-state index contributed by atoms with van der Waals surface area (Å²) >= 11 is 5.95. The van der Waals surface area contributed by atoms with E-state index in [2.05, 4.69) is 10.0 Å². The molecule has 0 heterocycles. The molecule has 10 heteroatoms. The van der Waals surface area contributed by atoms with Gasteiger partial charge in [0.1, 0.15) is 22.3 Å². The number of methoxy groups -OCH3 is 1. The van der Waals surface area contributed by atoms with E-state index in [1.165, 1.54) is 49.6 Å². The van der Waals surface area contributed by atoms with E-state index in [1.54, 1.807) is 0 Å². The smallest absolute Gasteiger partial charge is 0.264 e. The summed E-state index contributed by atoms with van der Waals surface area (Å²) in [5.41, 5.74) is -0.411. The lowest BCUT2D eigenvalue weighted by molar-refractivity contribution is 0.102. The maximum absolute atomic E-state index is 14.2. The van der Waals surface area contributed by atoms with Gasteiger partial charge < -0.3 is 10.1 Å². The number of hydrogen-bond donors (Lipinski definition) is 2. The molecule has 0 aliphatic carbocycles. The second-order valence-electron chi connectivity index (χ2n) is 6.03. The van der Waals surface area contributed by atoms with Gasteiger partial charge in [0.2, 0.25) is 0 Å². The maximum Gasteiger partial charge on any atom is 0.264 e. The quantitative estimate of drug-likeness (QED) is 0.568. The fourth-order valence-corrected chi connectivity index (χ4v) is 3.90. The molecular weight excluding hydrogens is 438 g/mol. The van der Waals surface area contributed by atoms with Gasteiger partial charge >= 0.3 is 0 Å². The van der Waals surface area contributed by atoms with Crippen LogP contribution < -0.4 is 14.8 Å². The van der Waals surface area contributed by atoms with Crippen molar-refractivity contribution in [1.29, 1.82) is 0 Å². The Hall–Kier alpha value is -3.17. The average Bonchev–Trinajstić information content (AvgIpc) is 2.70. The maximum atomic E-state index is 14.2. The molecular formula is C20H15ClF2N2O4S. The van der Waals surface area contributed by atoms with Crippen LogP contribution in [0.1, 0.15) is 10.4 Å².